The Bertz CT molecular complexity index is 1330. The zero-order chi connectivity index (χ0) is 24.9. The lowest BCUT2D eigenvalue weighted by Crippen LogP contribution is -2.30. The monoisotopic (exact) mass is 478 g/mol. The molecule has 0 aliphatic carbocycles. The number of fused-ring (bicyclic) bond motifs is 2. The minimum Gasteiger partial charge on any atom is -0.491 e. The van der Waals surface area contributed by atoms with E-state index in [4.69, 9.17) is 9.84 Å². The van der Waals surface area contributed by atoms with Crippen LogP contribution in [0.4, 0.5) is 0 Å². The number of ether oxygens (including phenoxy) is 1. The van der Waals surface area contributed by atoms with Crippen molar-refractivity contribution in [2.45, 2.75) is 39.2 Å². The van der Waals surface area contributed by atoms with E-state index in [0.29, 0.717) is 17.2 Å². The maximum Gasteiger partial charge on any atom is 0.195 e. The van der Waals surface area contributed by atoms with Gasteiger partial charge in [0.2, 0.25) is 0 Å². The van der Waals surface area contributed by atoms with Crippen molar-refractivity contribution in [1.29, 1.82) is 0 Å². The average Bonchev–Trinajstić information content (AvgIpc) is 2.82. The molecular weight excluding hydrogens is 448 g/mol. The highest BCUT2D eigenvalue weighted by Crippen LogP contribution is 2.27. The second-order valence-electron chi connectivity index (χ2n) is 8.82. The van der Waals surface area contributed by atoms with Gasteiger partial charge in [-0.05, 0) is 73.9 Å². The molecule has 4 aromatic rings. The Morgan fingerprint density at radius 2 is 1.62 bits per heavy atom. The summed E-state index contributed by atoms with van der Waals surface area (Å²) in [7, 11) is 0. The van der Waals surface area contributed by atoms with Crippen LogP contribution >= 0.6 is 11.3 Å². The molecule has 0 saturated carbocycles. The van der Waals surface area contributed by atoms with Gasteiger partial charge in [-0.15, -0.1) is 11.3 Å². The largest absolute Gasteiger partial charge is 0.491 e. The summed E-state index contributed by atoms with van der Waals surface area (Å²) in [5.41, 5.74) is 0.445. The molecule has 1 heterocycles. The molecule has 34 heavy (non-hydrogen) atoms. The van der Waals surface area contributed by atoms with Crippen LogP contribution in [-0.2, 0) is 0 Å². The van der Waals surface area contributed by atoms with Crippen LogP contribution < -0.4 is 10.2 Å². The molecule has 0 unspecified atom stereocenters. The highest BCUT2D eigenvalue weighted by Gasteiger charge is 2.24. The molecule has 0 spiro atoms. The number of Topliss-reactive ketones (excluding diaryl/α,β-unsaturated/α-hetero) is 1. The molecule has 5 nitrogen and oxygen atoms in total. The molecule has 1 aromatic heterocycles. The minimum atomic E-state index is -1.37. The fraction of sp³-hybridized carbons (Fsp3) is 0.286. The van der Waals surface area contributed by atoms with E-state index in [-0.39, 0.29) is 24.4 Å². The fourth-order valence-electron chi connectivity index (χ4n) is 3.40. The lowest BCUT2D eigenvalue weighted by molar-refractivity contribution is 0.0488. The number of carbonyl (C=O) groups excluding carboxylic acids is 1. The van der Waals surface area contributed by atoms with Gasteiger partial charge in [0.1, 0.15) is 18.0 Å². The summed E-state index contributed by atoms with van der Waals surface area (Å²) in [6.45, 7) is 7.37. The number of carbonyl (C=O) groups is 1. The lowest BCUT2D eigenvalue weighted by Gasteiger charge is -2.15. The molecule has 0 atom stereocenters. The first kappa shape index (κ1) is 25.6. The molecule has 6 heteroatoms. The van der Waals surface area contributed by atoms with E-state index in [1.807, 2.05) is 30.3 Å². The minimum absolute atomic E-state index is 0.0512. The zero-order valence-corrected chi connectivity index (χ0v) is 20.7. The number of ketones is 1. The predicted molar refractivity (Wildman–Crippen MR) is 139 cm³/mol. The van der Waals surface area contributed by atoms with Crippen LogP contribution in [0.3, 0.4) is 0 Å². The van der Waals surface area contributed by atoms with Crippen LogP contribution in [0.1, 0.15) is 49.5 Å². The molecule has 0 aliphatic heterocycles. The van der Waals surface area contributed by atoms with Crippen LogP contribution in [0.5, 0.6) is 5.75 Å². The number of hydrogen-bond donors (Lipinski definition) is 2. The van der Waals surface area contributed by atoms with Gasteiger partial charge in [0.25, 0.3) is 0 Å². The standard InChI is InChI=1S/C16H14OS.C12H16O4/c1-10(2)11-7-8-15-13(9-11)16(17)12-5-3-4-6-14(12)18-15;1-12(2,15)11(14)9-3-5-10(6-4-9)16-8-7-13/h3-10H,1-2H3;3-6,13,15H,7-8H2,1-2H3. The van der Waals surface area contributed by atoms with Gasteiger partial charge in [0, 0.05) is 25.7 Å². The molecule has 178 valence electrons. The zero-order valence-electron chi connectivity index (χ0n) is 19.9. The van der Waals surface area contributed by atoms with Crippen molar-refractivity contribution >= 4 is 37.3 Å². The van der Waals surface area contributed by atoms with Crippen molar-refractivity contribution in [2.75, 3.05) is 13.2 Å². The van der Waals surface area contributed by atoms with Gasteiger partial charge in [-0.25, -0.2) is 0 Å². The third kappa shape index (κ3) is 6.08. The van der Waals surface area contributed by atoms with E-state index >= 15 is 0 Å². The Hall–Kier alpha value is -3.06. The van der Waals surface area contributed by atoms with Crippen molar-refractivity contribution < 1.29 is 19.7 Å². The van der Waals surface area contributed by atoms with E-state index in [1.165, 1.54) is 19.4 Å². The van der Waals surface area contributed by atoms with Crippen molar-refractivity contribution in [3.63, 3.8) is 0 Å². The second-order valence-corrected chi connectivity index (χ2v) is 9.91. The topological polar surface area (TPSA) is 83.8 Å². The Morgan fingerprint density at radius 3 is 2.24 bits per heavy atom. The summed E-state index contributed by atoms with van der Waals surface area (Å²) in [5, 5.41) is 19.8. The number of aliphatic hydroxyl groups excluding tert-OH is 1. The van der Waals surface area contributed by atoms with Crippen LogP contribution in [0.25, 0.3) is 20.2 Å². The van der Waals surface area contributed by atoms with Gasteiger partial charge in [0.05, 0.1) is 6.61 Å². The Balaban J connectivity index is 0.000000192. The Labute approximate surface area is 203 Å². The van der Waals surface area contributed by atoms with Gasteiger partial charge in [-0.1, -0.05) is 32.0 Å². The number of aliphatic hydroxyl groups is 2. The molecule has 0 saturated heterocycles. The predicted octanol–water partition coefficient (Wildman–Crippen LogP) is 5.55. The van der Waals surface area contributed by atoms with Crippen LogP contribution in [0.15, 0.2) is 71.5 Å². The summed E-state index contributed by atoms with van der Waals surface area (Å²) >= 11 is 1.69. The number of benzene rings is 3. The Kier molecular flexibility index (Phi) is 8.20. The normalized spacial score (nSPS) is 11.4. The average molecular weight is 479 g/mol. The molecule has 0 radical (unpaired) electrons. The summed E-state index contributed by atoms with van der Waals surface area (Å²) in [6, 6.07) is 20.5. The molecule has 3 aromatic carbocycles. The van der Waals surface area contributed by atoms with E-state index < -0.39 is 5.60 Å². The smallest absolute Gasteiger partial charge is 0.195 e. The van der Waals surface area contributed by atoms with Crippen molar-refractivity contribution in [2.24, 2.45) is 0 Å². The first-order valence-corrected chi connectivity index (χ1v) is 12.0. The van der Waals surface area contributed by atoms with Gasteiger partial charge < -0.3 is 14.9 Å². The van der Waals surface area contributed by atoms with E-state index in [2.05, 4.69) is 26.0 Å². The van der Waals surface area contributed by atoms with Gasteiger partial charge in [0.15, 0.2) is 11.2 Å². The van der Waals surface area contributed by atoms with Crippen molar-refractivity contribution in [1.82, 2.24) is 0 Å². The van der Waals surface area contributed by atoms with Crippen molar-refractivity contribution in [3.05, 3.63) is 88.1 Å². The van der Waals surface area contributed by atoms with Crippen LogP contribution in [0, 0.1) is 0 Å². The first-order chi connectivity index (χ1) is 16.1. The summed E-state index contributed by atoms with van der Waals surface area (Å²) in [4.78, 5) is 24.1. The molecule has 0 amide bonds. The quantitative estimate of drug-likeness (QED) is 0.280. The third-order valence-corrected chi connectivity index (χ3v) is 6.45. The number of hydrogen-bond acceptors (Lipinski definition) is 6. The lowest BCUT2D eigenvalue weighted by atomic mass is 9.97. The van der Waals surface area contributed by atoms with E-state index in [1.54, 1.807) is 35.6 Å². The number of rotatable bonds is 6. The second kappa shape index (κ2) is 10.9. The molecule has 0 fully saturated rings. The SMILES string of the molecule is CC(C)(O)C(=O)c1ccc(OCCO)cc1.CC(C)c1ccc2sc3ccccc3c(=O)c2c1. The van der Waals surface area contributed by atoms with Gasteiger partial charge >= 0.3 is 0 Å². The molecule has 2 N–H and O–H groups in total. The van der Waals surface area contributed by atoms with Crippen LogP contribution in [0.2, 0.25) is 0 Å². The summed E-state index contributed by atoms with van der Waals surface area (Å²) < 4.78 is 7.29. The summed E-state index contributed by atoms with van der Waals surface area (Å²) in [5.74, 6) is 0.702. The highest BCUT2D eigenvalue weighted by atomic mass is 32.1. The Morgan fingerprint density at radius 1 is 0.971 bits per heavy atom. The summed E-state index contributed by atoms with van der Waals surface area (Å²) in [6.07, 6.45) is 0. The van der Waals surface area contributed by atoms with E-state index in [9.17, 15) is 14.7 Å². The van der Waals surface area contributed by atoms with Crippen molar-refractivity contribution in [3.8, 4) is 5.75 Å². The molecule has 0 aliphatic rings. The third-order valence-electron chi connectivity index (χ3n) is 5.30. The molecule has 0 bridgehead atoms. The van der Waals surface area contributed by atoms with E-state index in [0.717, 1.165) is 20.2 Å². The van der Waals surface area contributed by atoms with Gasteiger partial charge in [-0.2, -0.15) is 0 Å². The fourth-order valence-corrected chi connectivity index (χ4v) is 4.45. The van der Waals surface area contributed by atoms with Gasteiger partial charge in [-0.3, -0.25) is 9.59 Å². The molecule has 4 rings (SSSR count). The maximum atomic E-state index is 12.5. The highest BCUT2D eigenvalue weighted by molar-refractivity contribution is 7.24. The maximum absolute atomic E-state index is 12.5. The first-order valence-electron chi connectivity index (χ1n) is 11.2. The molecular formula is C28H30O5S. The van der Waals surface area contributed by atoms with Crippen LogP contribution in [-0.4, -0.2) is 34.8 Å².